The molecule has 0 atom stereocenters. The zero-order valence-corrected chi connectivity index (χ0v) is 17.9. The van der Waals surface area contributed by atoms with Crippen LogP contribution in [0.5, 0.6) is 0 Å². The van der Waals surface area contributed by atoms with E-state index < -0.39 is 6.03 Å². The largest absolute Gasteiger partial charge is 0.326 e. The van der Waals surface area contributed by atoms with E-state index in [-0.39, 0.29) is 12.3 Å². The van der Waals surface area contributed by atoms with Gasteiger partial charge in [0.15, 0.2) is 5.13 Å². The Kier molecular flexibility index (Phi) is 6.66. The maximum absolute atomic E-state index is 12.2. The van der Waals surface area contributed by atoms with Gasteiger partial charge in [-0.05, 0) is 55.0 Å². The minimum absolute atomic E-state index is 0.117. The highest BCUT2D eigenvalue weighted by molar-refractivity contribution is 9.10. The van der Waals surface area contributed by atoms with Crippen molar-refractivity contribution in [3.63, 3.8) is 0 Å². The molecule has 2 aromatic carbocycles. The van der Waals surface area contributed by atoms with Crippen molar-refractivity contribution < 1.29 is 9.59 Å². The third-order valence-corrected chi connectivity index (χ3v) is 5.61. The predicted octanol–water partition coefficient (Wildman–Crippen LogP) is 5.69. The molecule has 0 radical (unpaired) electrons. The molecule has 28 heavy (non-hydrogen) atoms. The van der Waals surface area contributed by atoms with Crippen molar-refractivity contribution in [1.82, 2.24) is 4.98 Å². The molecule has 0 bridgehead atoms. The van der Waals surface area contributed by atoms with E-state index in [4.69, 9.17) is 11.6 Å². The van der Waals surface area contributed by atoms with E-state index in [0.717, 1.165) is 15.7 Å². The highest BCUT2D eigenvalue weighted by atomic mass is 79.9. The van der Waals surface area contributed by atoms with Crippen molar-refractivity contribution in [1.29, 1.82) is 0 Å². The number of carbonyl (C=O) groups excluding carboxylic acids is 2. The van der Waals surface area contributed by atoms with Crippen molar-refractivity contribution in [2.45, 2.75) is 13.3 Å². The average molecular weight is 480 g/mol. The van der Waals surface area contributed by atoms with Gasteiger partial charge in [-0.2, -0.15) is 0 Å². The van der Waals surface area contributed by atoms with E-state index in [2.05, 4.69) is 36.9 Å². The van der Waals surface area contributed by atoms with Crippen molar-refractivity contribution in [2.75, 3.05) is 16.0 Å². The third-order valence-electron chi connectivity index (χ3n) is 3.66. The summed E-state index contributed by atoms with van der Waals surface area (Å²) in [5, 5.41) is 10.9. The van der Waals surface area contributed by atoms with Crippen molar-refractivity contribution in [3.05, 3.63) is 68.6 Å². The SMILES string of the molecule is Cc1cc(NC(=O)Cc2csc(NC(=O)Nc3ccc(Cl)cc3)n2)ccc1Br. The first-order chi connectivity index (χ1) is 13.4. The van der Waals surface area contributed by atoms with Gasteiger partial charge in [0.1, 0.15) is 0 Å². The fraction of sp³-hybridized carbons (Fsp3) is 0.105. The first-order valence-electron chi connectivity index (χ1n) is 8.23. The fourth-order valence-corrected chi connectivity index (χ4v) is 3.41. The molecule has 1 heterocycles. The lowest BCUT2D eigenvalue weighted by Crippen LogP contribution is -2.19. The summed E-state index contributed by atoms with van der Waals surface area (Å²) in [5.74, 6) is -0.177. The number of nitrogens with zero attached hydrogens (tertiary/aromatic N) is 1. The van der Waals surface area contributed by atoms with Crippen LogP contribution in [0.1, 0.15) is 11.3 Å². The second-order valence-corrected chi connectivity index (χ2v) is 8.07. The molecule has 1 aromatic heterocycles. The van der Waals surface area contributed by atoms with E-state index in [1.807, 2.05) is 25.1 Å². The number of aryl methyl sites for hydroxylation is 1. The van der Waals surface area contributed by atoms with E-state index in [1.54, 1.807) is 29.6 Å². The Morgan fingerprint density at radius 1 is 1.07 bits per heavy atom. The number of urea groups is 1. The van der Waals surface area contributed by atoms with Crippen LogP contribution in [-0.4, -0.2) is 16.9 Å². The Morgan fingerprint density at radius 2 is 1.79 bits per heavy atom. The number of hydrogen-bond donors (Lipinski definition) is 3. The molecule has 144 valence electrons. The van der Waals surface area contributed by atoms with Crippen molar-refractivity contribution in [3.8, 4) is 0 Å². The molecule has 0 saturated heterocycles. The van der Waals surface area contributed by atoms with Crippen LogP contribution in [0.15, 0.2) is 52.3 Å². The number of rotatable bonds is 5. The van der Waals surface area contributed by atoms with E-state index >= 15 is 0 Å². The molecule has 0 aliphatic rings. The minimum Gasteiger partial charge on any atom is -0.326 e. The van der Waals surface area contributed by atoms with Gasteiger partial charge in [0, 0.05) is 26.3 Å². The van der Waals surface area contributed by atoms with Gasteiger partial charge in [-0.1, -0.05) is 27.5 Å². The Morgan fingerprint density at radius 3 is 2.50 bits per heavy atom. The summed E-state index contributed by atoms with van der Waals surface area (Å²) in [7, 11) is 0. The number of anilines is 3. The maximum atomic E-state index is 12.2. The summed E-state index contributed by atoms with van der Waals surface area (Å²) in [6.07, 6.45) is 0.117. The van der Waals surface area contributed by atoms with Gasteiger partial charge in [-0.15, -0.1) is 11.3 Å². The molecule has 0 fully saturated rings. The molecule has 0 aliphatic carbocycles. The molecule has 3 rings (SSSR count). The Bertz CT molecular complexity index is 1010. The number of thiazole rings is 1. The molecule has 3 N–H and O–H groups in total. The lowest BCUT2D eigenvalue weighted by Gasteiger charge is -2.06. The third kappa shape index (κ3) is 5.79. The maximum Gasteiger partial charge on any atom is 0.325 e. The quantitative estimate of drug-likeness (QED) is 0.439. The smallest absolute Gasteiger partial charge is 0.325 e. The lowest BCUT2D eigenvalue weighted by atomic mass is 10.2. The van der Waals surface area contributed by atoms with Crippen LogP contribution in [0.3, 0.4) is 0 Å². The van der Waals surface area contributed by atoms with Gasteiger partial charge in [0.25, 0.3) is 0 Å². The average Bonchev–Trinajstić information content (AvgIpc) is 3.06. The number of halogens is 2. The monoisotopic (exact) mass is 478 g/mol. The highest BCUT2D eigenvalue weighted by Crippen LogP contribution is 2.21. The number of hydrogen-bond acceptors (Lipinski definition) is 4. The molecular formula is C19H16BrClN4O2S. The van der Waals surface area contributed by atoms with Crippen LogP contribution in [-0.2, 0) is 11.2 Å². The van der Waals surface area contributed by atoms with Gasteiger partial charge >= 0.3 is 6.03 Å². The minimum atomic E-state index is -0.419. The topological polar surface area (TPSA) is 83.1 Å². The second kappa shape index (κ2) is 9.18. The number of carbonyl (C=O) groups is 2. The first-order valence-corrected chi connectivity index (χ1v) is 10.3. The zero-order valence-electron chi connectivity index (χ0n) is 14.8. The summed E-state index contributed by atoms with van der Waals surface area (Å²) in [6.45, 7) is 1.95. The van der Waals surface area contributed by atoms with Crippen LogP contribution in [0.25, 0.3) is 0 Å². The molecule has 0 unspecified atom stereocenters. The molecule has 9 heteroatoms. The Hall–Kier alpha value is -2.42. The molecule has 3 aromatic rings. The van der Waals surface area contributed by atoms with Crippen LogP contribution in [0, 0.1) is 6.92 Å². The number of aromatic nitrogens is 1. The number of benzene rings is 2. The standard InChI is InChI=1S/C19H16BrClN4O2S/c1-11-8-14(6-7-16(11)20)22-17(26)9-15-10-28-19(24-15)25-18(27)23-13-4-2-12(21)3-5-13/h2-8,10H,9H2,1H3,(H,22,26)(H2,23,24,25,27). The molecule has 0 spiro atoms. The summed E-state index contributed by atoms with van der Waals surface area (Å²) >= 11 is 10.5. The van der Waals surface area contributed by atoms with Crippen LogP contribution in [0.4, 0.5) is 21.3 Å². The van der Waals surface area contributed by atoms with Crippen molar-refractivity contribution >= 4 is 67.3 Å². The summed E-state index contributed by atoms with van der Waals surface area (Å²) in [5.41, 5.74) is 2.95. The second-order valence-electron chi connectivity index (χ2n) is 5.92. The van der Waals surface area contributed by atoms with E-state index in [1.165, 1.54) is 11.3 Å². The van der Waals surface area contributed by atoms with Crippen LogP contribution < -0.4 is 16.0 Å². The molecule has 3 amide bonds. The van der Waals surface area contributed by atoms with Gasteiger partial charge in [0.05, 0.1) is 12.1 Å². The summed E-state index contributed by atoms with van der Waals surface area (Å²) in [6, 6.07) is 11.9. The fourth-order valence-electron chi connectivity index (χ4n) is 2.33. The van der Waals surface area contributed by atoms with E-state index in [9.17, 15) is 9.59 Å². The van der Waals surface area contributed by atoms with Gasteiger partial charge < -0.3 is 10.6 Å². The number of amides is 3. The van der Waals surface area contributed by atoms with Gasteiger partial charge in [-0.3, -0.25) is 10.1 Å². The Labute approximate surface area is 179 Å². The van der Waals surface area contributed by atoms with E-state index in [0.29, 0.717) is 21.5 Å². The van der Waals surface area contributed by atoms with Crippen LogP contribution >= 0.6 is 38.9 Å². The molecule has 0 saturated carbocycles. The Balaban J connectivity index is 1.53. The van der Waals surface area contributed by atoms with Gasteiger partial charge in [-0.25, -0.2) is 9.78 Å². The lowest BCUT2D eigenvalue weighted by molar-refractivity contribution is -0.115. The molecule has 6 nitrogen and oxygen atoms in total. The zero-order chi connectivity index (χ0) is 20.1. The first kappa shape index (κ1) is 20.3. The van der Waals surface area contributed by atoms with Crippen molar-refractivity contribution in [2.24, 2.45) is 0 Å². The normalized spacial score (nSPS) is 10.4. The summed E-state index contributed by atoms with van der Waals surface area (Å²) < 4.78 is 0.984. The predicted molar refractivity (Wildman–Crippen MR) is 117 cm³/mol. The van der Waals surface area contributed by atoms with Gasteiger partial charge in [0.2, 0.25) is 5.91 Å². The molecular weight excluding hydrogens is 464 g/mol. The van der Waals surface area contributed by atoms with Crippen LogP contribution in [0.2, 0.25) is 5.02 Å². The number of nitrogens with one attached hydrogen (secondary N) is 3. The summed E-state index contributed by atoms with van der Waals surface area (Å²) in [4.78, 5) is 28.5. The molecule has 0 aliphatic heterocycles. The highest BCUT2D eigenvalue weighted by Gasteiger charge is 2.11.